The summed E-state index contributed by atoms with van der Waals surface area (Å²) < 4.78 is 1.99. The second kappa shape index (κ2) is 10.8. The molecule has 0 aliphatic carbocycles. The molecule has 0 atom stereocenters. The molecule has 0 spiro atoms. The fraction of sp³-hybridized carbons (Fsp3) is 0.294. The maximum Gasteiger partial charge on any atom is 0.229 e. The molecule has 7 nitrogen and oxygen atoms in total. The number of pyridine rings is 1. The zero-order valence-electron chi connectivity index (χ0n) is 24.5. The molecule has 3 aromatic heterocycles. The van der Waals surface area contributed by atoms with Gasteiger partial charge < -0.3 is 14.8 Å². The van der Waals surface area contributed by atoms with Gasteiger partial charge >= 0.3 is 0 Å². The Balaban J connectivity index is 1.33. The molecule has 1 N–H and O–H groups in total. The van der Waals surface area contributed by atoms with E-state index in [1.165, 1.54) is 33.4 Å². The summed E-state index contributed by atoms with van der Waals surface area (Å²) in [5.74, 6) is 1.50. The highest BCUT2D eigenvalue weighted by Gasteiger charge is 2.23. The maximum atomic E-state index is 5.09. The van der Waals surface area contributed by atoms with Gasteiger partial charge in [0.1, 0.15) is 5.52 Å². The van der Waals surface area contributed by atoms with Gasteiger partial charge in [-0.25, -0.2) is 4.98 Å². The number of rotatable bonds is 5. The summed E-state index contributed by atoms with van der Waals surface area (Å²) in [5.41, 5.74) is 10.4. The van der Waals surface area contributed by atoms with Crippen molar-refractivity contribution in [1.82, 2.24) is 24.5 Å². The van der Waals surface area contributed by atoms with Crippen LogP contribution < -0.4 is 10.2 Å². The molecule has 0 saturated carbocycles. The van der Waals surface area contributed by atoms with E-state index in [0.29, 0.717) is 11.6 Å². The first-order valence-electron chi connectivity index (χ1n) is 14.3. The zero-order chi connectivity index (χ0) is 28.6. The Kier molecular flexibility index (Phi) is 7.03. The minimum absolute atomic E-state index is 0.0523. The zero-order valence-corrected chi connectivity index (χ0v) is 24.5. The van der Waals surface area contributed by atoms with Crippen LogP contribution in [0.1, 0.15) is 55.9 Å². The molecule has 6 rings (SSSR count). The number of imidazole rings is 1. The number of nitrogens with zero attached hydrogens (tertiary/aromatic N) is 6. The SMILES string of the molecule is Cc1ccc(C(C)(C)C)cc1Nc1nc(N2CCC(=C(c3ccccc3)c3ccncc3)CC2)nc2ncn(C)c12. The van der Waals surface area contributed by atoms with Crippen LogP contribution in [0, 0.1) is 6.92 Å². The van der Waals surface area contributed by atoms with E-state index in [4.69, 9.17) is 9.97 Å². The largest absolute Gasteiger partial charge is 0.340 e. The van der Waals surface area contributed by atoms with Gasteiger partial charge in [-0.05, 0) is 71.2 Å². The van der Waals surface area contributed by atoms with Crippen LogP contribution in [0.5, 0.6) is 0 Å². The Labute approximate surface area is 242 Å². The molecule has 2 aromatic carbocycles. The van der Waals surface area contributed by atoms with Crippen molar-refractivity contribution in [2.75, 3.05) is 23.3 Å². The van der Waals surface area contributed by atoms with Gasteiger partial charge in [-0.3, -0.25) is 4.98 Å². The Hall–Kier alpha value is -4.52. The molecule has 0 bridgehead atoms. The summed E-state index contributed by atoms with van der Waals surface area (Å²) in [6.45, 7) is 10.5. The second-order valence-electron chi connectivity index (χ2n) is 11.9. The third-order valence-electron chi connectivity index (χ3n) is 7.95. The lowest BCUT2D eigenvalue weighted by molar-refractivity contribution is 0.590. The summed E-state index contributed by atoms with van der Waals surface area (Å²) in [5, 5.41) is 3.65. The molecule has 7 heteroatoms. The molecular formula is C34H37N7. The highest BCUT2D eigenvalue weighted by atomic mass is 15.3. The number of fused-ring (bicyclic) bond motifs is 1. The van der Waals surface area contributed by atoms with E-state index in [0.717, 1.165) is 43.0 Å². The highest BCUT2D eigenvalue weighted by Crippen LogP contribution is 2.35. The number of hydrogen-bond acceptors (Lipinski definition) is 6. The lowest BCUT2D eigenvalue weighted by Gasteiger charge is -2.30. The molecule has 41 heavy (non-hydrogen) atoms. The van der Waals surface area contributed by atoms with Crippen molar-refractivity contribution >= 4 is 34.2 Å². The Morgan fingerprint density at radius 2 is 1.59 bits per heavy atom. The van der Waals surface area contributed by atoms with Crippen molar-refractivity contribution in [1.29, 1.82) is 0 Å². The number of anilines is 3. The molecule has 0 radical (unpaired) electrons. The van der Waals surface area contributed by atoms with E-state index in [9.17, 15) is 0 Å². The fourth-order valence-electron chi connectivity index (χ4n) is 5.55. The summed E-state index contributed by atoms with van der Waals surface area (Å²) in [6, 6.07) is 21.5. The van der Waals surface area contributed by atoms with Gasteiger partial charge in [0.2, 0.25) is 5.95 Å². The van der Waals surface area contributed by atoms with Crippen LogP contribution >= 0.6 is 0 Å². The first kappa shape index (κ1) is 26.7. The lowest BCUT2D eigenvalue weighted by atomic mass is 9.86. The van der Waals surface area contributed by atoms with Gasteiger partial charge in [0.05, 0.1) is 6.33 Å². The summed E-state index contributed by atoms with van der Waals surface area (Å²) >= 11 is 0. The summed E-state index contributed by atoms with van der Waals surface area (Å²) in [6.07, 6.45) is 7.43. The maximum absolute atomic E-state index is 5.09. The highest BCUT2D eigenvalue weighted by molar-refractivity contribution is 5.87. The first-order chi connectivity index (χ1) is 19.8. The minimum Gasteiger partial charge on any atom is -0.340 e. The molecule has 0 unspecified atom stereocenters. The molecule has 0 amide bonds. The first-order valence-corrected chi connectivity index (χ1v) is 14.3. The number of piperidine rings is 1. The van der Waals surface area contributed by atoms with Gasteiger partial charge in [0.25, 0.3) is 0 Å². The van der Waals surface area contributed by atoms with Gasteiger partial charge in [-0.2, -0.15) is 9.97 Å². The van der Waals surface area contributed by atoms with Crippen LogP contribution in [0.3, 0.4) is 0 Å². The molecular weight excluding hydrogens is 506 g/mol. The third-order valence-corrected chi connectivity index (χ3v) is 7.95. The Morgan fingerprint density at radius 3 is 2.29 bits per heavy atom. The number of benzene rings is 2. The van der Waals surface area contributed by atoms with Crippen molar-refractivity contribution < 1.29 is 0 Å². The topological polar surface area (TPSA) is 71.8 Å². The van der Waals surface area contributed by atoms with E-state index in [1.807, 2.05) is 30.3 Å². The molecule has 1 aliphatic rings. The number of hydrogen-bond donors (Lipinski definition) is 1. The van der Waals surface area contributed by atoms with Gasteiger partial charge in [-0.1, -0.05) is 68.8 Å². The van der Waals surface area contributed by atoms with E-state index in [2.05, 4.69) is 109 Å². The van der Waals surface area contributed by atoms with Crippen LogP contribution in [0.25, 0.3) is 16.7 Å². The van der Waals surface area contributed by atoms with E-state index in [-0.39, 0.29) is 5.41 Å². The summed E-state index contributed by atoms with van der Waals surface area (Å²) in [7, 11) is 1.99. The van der Waals surface area contributed by atoms with Crippen molar-refractivity contribution in [3.63, 3.8) is 0 Å². The number of nitrogens with one attached hydrogen (secondary N) is 1. The van der Waals surface area contributed by atoms with E-state index in [1.54, 1.807) is 0 Å². The van der Waals surface area contributed by atoms with Crippen molar-refractivity contribution in [3.05, 3.63) is 107 Å². The van der Waals surface area contributed by atoms with Gasteiger partial charge in [-0.15, -0.1) is 0 Å². The van der Waals surface area contributed by atoms with Crippen molar-refractivity contribution in [2.45, 2.75) is 46.0 Å². The lowest BCUT2D eigenvalue weighted by Crippen LogP contribution is -2.32. The quantitative estimate of drug-likeness (QED) is 0.253. The molecule has 1 saturated heterocycles. The van der Waals surface area contributed by atoms with Crippen LogP contribution in [0.15, 0.2) is 85.0 Å². The molecule has 5 aromatic rings. The van der Waals surface area contributed by atoms with Gasteiger partial charge in [0, 0.05) is 38.2 Å². The molecule has 208 valence electrons. The molecule has 1 aliphatic heterocycles. The number of aromatic nitrogens is 5. The standard InChI is InChI=1S/C34H37N7/c1-23-11-12-27(34(2,3)4)21-28(23)37-32-30-31(36-22-40(30)5)38-33(39-32)41-19-15-26(16-20-41)29(24-9-7-6-8-10-24)25-13-17-35-18-14-25/h6-14,17-18,21-22H,15-16,19-20H2,1-5H3,(H,37,38,39). The summed E-state index contributed by atoms with van der Waals surface area (Å²) in [4.78, 5) is 21.1. The number of aryl methyl sites for hydroxylation is 2. The average Bonchev–Trinajstić information content (AvgIpc) is 3.36. The Morgan fingerprint density at radius 1 is 0.878 bits per heavy atom. The van der Waals surface area contributed by atoms with Crippen LogP contribution in [-0.2, 0) is 12.5 Å². The predicted octanol–water partition coefficient (Wildman–Crippen LogP) is 7.21. The monoisotopic (exact) mass is 543 g/mol. The van der Waals surface area contributed by atoms with E-state index < -0.39 is 0 Å². The average molecular weight is 544 g/mol. The Bertz CT molecular complexity index is 1660. The van der Waals surface area contributed by atoms with Crippen LogP contribution in [0.4, 0.5) is 17.5 Å². The van der Waals surface area contributed by atoms with Gasteiger partial charge in [0.15, 0.2) is 11.5 Å². The predicted molar refractivity (Wildman–Crippen MR) is 168 cm³/mol. The van der Waals surface area contributed by atoms with Crippen molar-refractivity contribution in [3.8, 4) is 0 Å². The minimum atomic E-state index is 0.0523. The van der Waals surface area contributed by atoms with E-state index >= 15 is 0 Å². The fourth-order valence-corrected chi connectivity index (χ4v) is 5.55. The second-order valence-corrected chi connectivity index (χ2v) is 11.9. The molecule has 4 heterocycles. The normalized spacial score (nSPS) is 14.0. The molecule has 1 fully saturated rings. The smallest absolute Gasteiger partial charge is 0.229 e. The van der Waals surface area contributed by atoms with Crippen LogP contribution in [0.2, 0.25) is 0 Å². The third kappa shape index (κ3) is 5.44. The van der Waals surface area contributed by atoms with Crippen LogP contribution in [-0.4, -0.2) is 37.6 Å². The van der Waals surface area contributed by atoms with Crippen molar-refractivity contribution in [2.24, 2.45) is 7.05 Å².